The molecule has 0 saturated heterocycles. The Kier molecular flexibility index (Phi) is 6.84. The fourth-order valence-corrected chi connectivity index (χ4v) is 4.81. The maximum Gasteiger partial charge on any atom is 0.280 e. The van der Waals surface area contributed by atoms with Gasteiger partial charge < -0.3 is 4.74 Å². The lowest BCUT2D eigenvalue weighted by Gasteiger charge is -2.15. The molecule has 0 radical (unpaired) electrons. The molecule has 0 fully saturated rings. The molecule has 0 aliphatic carbocycles. The number of hydrazone groups is 1. The second-order valence-electron chi connectivity index (χ2n) is 6.04. The van der Waals surface area contributed by atoms with Gasteiger partial charge in [0.05, 0.1) is 18.4 Å². The third-order valence-corrected chi connectivity index (χ3v) is 5.68. The second-order valence-corrected chi connectivity index (χ2v) is 8.36. The van der Waals surface area contributed by atoms with E-state index in [-0.39, 0.29) is 22.9 Å². The van der Waals surface area contributed by atoms with Crippen LogP contribution in [-0.4, -0.2) is 18.2 Å². The fraction of sp³-hybridized carbons (Fsp3) is 0.105. The van der Waals surface area contributed by atoms with Crippen LogP contribution in [0.1, 0.15) is 12.5 Å². The van der Waals surface area contributed by atoms with Gasteiger partial charge in [0, 0.05) is 0 Å². The predicted octanol–water partition coefficient (Wildman–Crippen LogP) is 5.30. The molecular formula is C19H8F5I2N3O2. The van der Waals surface area contributed by atoms with Crippen LogP contribution >= 0.6 is 45.2 Å². The fourth-order valence-electron chi connectivity index (χ4n) is 2.69. The number of carbonyl (C=O) groups is 1. The highest BCUT2D eigenvalue weighted by molar-refractivity contribution is 14.1. The van der Waals surface area contributed by atoms with Gasteiger partial charge in [-0.3, -0.25) is 4.79 Å². The Morgan fingerprint density at radius 2 is 1.58 bits per heavy atom. The van der Waals surface area contributed by atoms with Gasteiger partial charge in [0.15, 0.2) is 29.9 Å². The molecule has 3 rings (SSSR count). The summed E-state index contributed by atoms with van der Waals surface area (Å²) in [4.78, 5) is 12.7. The number of hydrogen-bond donors (Lipinski definition) is 0. The molecule has 0 saturated carbocycles. The average molecular weight is 659 g/mol. The van der Waals surface area contributed by atoms with Crippen molar-refractivity contribution in [2.45, 2.75) is 6.92 Å². The topological polar surface area (TPSA) is 65.7 Å². The van der Waals surface area contributed by atoms with Crippen molar-refractivity contribution in [1.82, 2.24) is 0 Å². The van der Waals surface area contributed by atoms with E-state index in [1.54, 1.807) is 12.1 Å². The first-order valence-electron chi connectivity index (χ1n) is 8.20. The van der Waals surface area contributed by atoms with Crippen LogP contribution in [0.2, 0.25) is 0 Å². The Labute approximate surface area is 199 Å². The normalized spacial score (nSPS) is 14.8. The van der Waals surface area contributed by atoms with Crippen LogP contribution in [-0.2, 0) is 4.79 Å². The van der Waals surface area contributed by atoms with Crippen molar-refractivity contribution in [3.63, 3.8) is 0 Å². The number of amides is 1. The molecular weight excluding hydrogens is 651 g/mol. The van der Waals surface area contributed by atoms with E-state index in [0.717, 1.165) is 0 Å². The molecule has 0 atom stereocenters. The van der Waals surface area contributed by atoms with E-state index in [1.807, 2.05) is 51.3 Å². The Morgan fingerprint density at radius 3 is 2.10 bits per heavy atom. The third-order valence-electron chi connectivity index (χ3n) is 4.07. The van der Waals surface area contributed by atoms with Crippen molar-refractivity contribution in [1.29, 1.82) is 5.26 Å². The first kappa shape index (κ1) is 23.4. The smallest absolute Gasteiger partial charge is 0.280 e. The van der Waals surface area contributed by atoms with E-state index < -0.39 is 40.7 Å². The summed E-state index contributed by atoms with van der Waals surface area (Å²) < 4.78 is 75.2. The van der Waals surface area contributed by atoms with Crippen LogP contribution in [0.25, 0.3) is 6.08 Å². The predicted molar refractivity (Wildman–Crippen MR) is 118 cm³/mol. The van der Waals surface area contributed by atoms with Crippen LogP contribution < -0.4 is 9.75 Å². The molecule has 160 valence electrons. The van der Waals surface area contributed by atoms with Crippen molar-refractivity contribution in [3.8, 4) is 11.8 Å². The minimum absolute atomic E-state index is 0.0174. The molecule has 1 heterocycles. The lowest BCUT2D eigenvalue weighted by molar-refractivity contribution is -0.114. The van der Waals surface area contributed by atoms with Gasteiger partial charge in [-0.15, -0.1) is 0 Å². The Morgan fingerprint density at radius 1 is 1.06 bits per heavy atom. The van der Waals surface area contributed by atoms with Gasteiger partial charge >= 0.3 is 0 Å². The Hall–Kier alpha value is -2.28. The van der Waals surface area contributed by atoms with Crippen LogP contribution in [0.3, 0.4) is 0 Å². The number of halogens is 7. The third kappa shape index (κ3) is 4.25. The zero-order valence-corrected chi connectivity index (χ0v) is 19.6. The summed E-state index contributed by atoms with van der Waals surface area (Å²) in [6, 6.07) is 5.11. The summed E-state index contributed by atoms with van der Waals surface area (Å²) >= 11 is 3.94. The second kappa shape index (κ2) is 9.07. The maximum atomic E-state index is 14.1. The summed E-state index contributed by atoms with van der Waals surface area (Å²) in [7, 11) is 0. The van der Waals surface area contributed by atoms with Gasteiger partial charge in [-0.05, 0) is 75.9 Å². The largest absolute Gasteiger partial charge is 0.477 e. The maximum absolute atomic E-state index is 14.1. The molecule has 1 amide bonds. The molecule has 5 nitrogen and oxygen atoms in total. The zero-order valence-electron chi connectivity index (χ0n) is 15.2. The molecule has 0 aromatic heterocycles. The molecule has 31 heavy (non-hydrogen) atoms. The molecule has 0 spiro atoms. The number of nitriles is 1. The number of hydrogen-bond acceptors (Lipinski definition) is 4. The number of anilines is 1. The summed E-state index contributed by atoms with van der Waals surface area (Å²) in [5.41, 5.74) is -1.03. The summed E-state index contributed by atoms with van der Waals surface area (Å²) in [6.07, 6.45) is 1.37. The number of ether oxygens (including phenoxy) is 1. The average Bonchev–Trinajstić information content (AvgIpc) is 2.98. The highest BCUT2D eigenvalue weighted by Gasteiger charge is 2.37. The van der Waals surface area contributed by atoms with Crippen molar-refractivity contribution < 1.29 is 31.5 Å². The molecule has 0 N–H and O–H groups in total. The van der Waals surface area contributed by atoms with Crippen LogP contribution in [0, 0.1) is 47.6 Å². The molecule has 1 aliphatic rings. The van der Waals surface area contributed by atoms with Crippen molar-refractivity contribution in [2.75, 3.05) is 11.6 Å². The lowest BCUT2D eigenvalue weighted by Crippen LogP contribution is -2.25. The number of rotatable bonds is 4. The van der Waals surface area contributed by atoms with Crippen molar-refractivity contribution in [2.24, 2.45) is 5.10 Å². The van der Waals surface area contributed by atoms with Gasteiger partial charge in [0.25, 0.3) is 5.91 Å². The summed E-state index contributed by atoms with van der Waals surface area (Å²) in [5, 5.41) is 12.5. The Bertz CT molecular complexity index is 1170. The molecule has 2 aromatic rings. The van der Waals surface area contributed by atoms with Crippen molar-refractivity contribution in [3.05, 3.63) is 59.5 Å². The summed E-state index contributed by atoms with van der Waals surface area (Å²) in [5.74, 6) is -11.6. The molecule has 12 heteroatoms. The van der Waals surface area contributed by atoms with E-state index in [4.69, 9.17) is 10.00 Å². The number of benzene rings is 2. The van der Waals surface area contributed by atoms with E-state index in [2.05, 4.69) is 5.10 Å². The molecule has 0 unspecified atom stereocenters. The van der Waals surface area contributed by atoms with Gasteiger partial charge in [0.1, 0.15) is 17.5 Å². The summed E-state index contributed by atoms with van der Waals surface area (Å²) in [6.45, 7) is 1.20. The SMILES string of the molecule is CC1=NN(c2c(F)c(F)c(F)c(F)c2F)C(=O)/C1=C/c1cc(I)c(OCC#N)c(I)c1. The number of nitrogens with zero attached hydrogens (tertiary/aromatic N) is 3. The van der Waals surface area contributed by atoms with E-state index >= 15 is 0 Å². The monoisotopic (exact) mass is 659 g/mol. The van der Waals surface area contributed by atoms with E-state index in [1.165, 1.54) is 13.0 Å². The van der Waals surface area contributed by atoms with E-state index in [0.29, 0.717) is 18.5 Å². The van der Waals surface area contributed by atoms with Crippen LogP contribution in [0.4, 0.5) is 27.6 Å². The lowest BCUT2D eigenvalue weighted by atomic mass is 10.1. The van der Waals surface area contributed by atoms with Crippen LogP contribution in [0.15, 0.2) is 22.8 Å². The first-order chi connectivity index (χ1) is 14.6. The minimum atomic E-state index is -2.33. The minimum Gasteiger partial charge on any atom is -0.477 e. The Balaban J connectivity index is 2.04. The molecule has 2 aromatic carbocycles. The molecule has 0 bridgehead atoms. The first-order valence-corrected chi connectivity index (χ1v) is 10.4. The van der Waals surface area contributed by atoms with E-state index in [9.17, 15) is 26.7 Å². The molecule has 1 aliphatic heterocycles. The highest BCUT2D eigenvalue weighted by Crippen LogP contribution is 2.35. The van der Waals surface area contributed by atoms with Gasteiger partial charge in [0.2, 0.25) is 5.82 Å². The zero-order chi connectivity index (χ0) is 23.0. The van der Waals surface area contributed by atoms with Gasteiger partial charge in [-0.1, -0.05) is 0 Å². The van der Waals surface area contributed by atoms with Gasteiger partial charge in [-0.25, -0.2) is 22.0 Å². The highest BCUT2D eigenvalue weighted by atomic mass is 127. The van der Waals surface area contributed by atoms with Crippen molar-refractivity contribution >= 4 is 68.6 Å². The quantitative estimate of drug-likeness (QED) is 0.147. The standard InChI is InChI=1S/C19H8F5I2N3O2/c1-7-9(4-8-5-10(25)18(11(26)6-8)31-3-2-27)19(30)29(28-7)17-15(23)13(21)12(20)14(22)16(17)24/h4-6H,3H2,1H3/b9-4+. The number of carbonyl (C=O) groups excluding carboxylic acids is 1. The van der Waals surface area contributed by atoms with Crippen LogP contribution in [0.5, 0.6) is 5.75 Å². The van der Waals surface area contributed by atoms with Gasteiger partial charge in [-0.2, -0.15) is 15.4 Å².